The standard InChI is InChI=1S/C13H9ClN2O2S2/c14-9-3-1-8(2-4-9)12-11(7-15)20(17,18)10-5-6-19-13(10)16-12/h1-6,11-12,16H. The molecule has 0 spiro atoms. The van der Waals surface area contributed by atoms with Crippen LogP contribution < -0.4 is 5.32 Å². The molecule has 2 heterocycles. The molecule has 2 atom stereocenters. The van der Waals surface area contributed by atoms with E-state index in [0.717, 1.165) is 5.56 Å². The Morgan fingerprint density at radius 1 is 1.25 bits per heavy atom. The van der Waals surface area contributed by atoms with Crippen LogP contribution in [0.3, 0.4) is 0 Å². The van der Waals surface area contributed by atoms with E-state index in [2.05, 4.69) is 5.32 Å². The molecule has 1 aliphatic rings. The Hall–Kier alpha value is -1.55. The molecule has 1 aliphatic heterocycles. The predicted molar refractivity (Wildman–Crippen MR) is 78.7 cm³/mol. The zero-order valence-corrected chi connectivity index (χ0v) is 12.5. The Morgan fingerprint density at radius 3 is 2.60 bits per heavy atom. The number of halogens is 1. The van der Waals surface area contributed by atoms with Crippen LogP contribution in [0.5, 0.6) is 0 Å². The Bertz CT molecular complexity index is 791. The number of nitriles is 1. The summed E-state index contributed by atoms with van der Waals surface area (Å²) in [5, 5.41) is 14.1. The zero-order chi connectivity index (χ0) is 14.3. The molecule has 20 heavy (non-hydrogen) atoms. The van der Waals surface area contributed by atoms with Gasteiger partial charge in [-0.05, 0) is 29.1 Å². The summed E-state index contributed by atoms with van der Waals surface area (Å²) in [5.74, 6) is 0. The van der Waals surface area contributed by atoms with Gasteiger partial charge < -0.3 is 5.32 Å². The molecule has 2 unspecified atom stereocenters. The Balaban J connectivity index is 2.14. The van der Waals surface area contributed by atoms with Crippen LogP contribution in [0.2, 0.25) is 5.02 Å². The maximum atomic E-state index is 12.5. The molecule has 1 aromatic heterocycles. The quantitative estimate of drug-likeness (QED) is 0.874. The first-order chi connectivity index (χ1) is 9.54. The first kappa shape index (κ1) is 13.4. The van der Waals surface area contributed by atoms with Crippen molar-refractivity contribution >= 4 is 37.8 Å². The summed E-state index contributed by atoms with van der Waals surface area (Å²) in [6, 6.07) is 9.69. The highest BCUT2D eigenvalue weighted by molar-refractivity contribution is 7.92. The number of nitrogens with one attached hydrogen (secondary N) is 1. The molecule has 0 fully saturated rings. The fourth-order valence-corrected chi connectivity index (χ4v) is 5.23. The van der Waals surface area contributed by atoms with E-state index in [9.17, 15) is 13.7 Å². The van der Waals surface area contributed by atoms with Crippen molar-refractivity contribution in [3.63, 3.8) is 0 Å². The first-order valence-corrected chi connectivity index (χ1v) is 8.57. The van der Waals surface area contributed by atoms with Crippen LogP contribution in [0.4, 0.5) is 5.00 Å². The van der Waals surface area contributed by atoms with Crippen LogP contribution in [0.15, 0.2) is 40.6 Å². The van der Waals surface area contributed by atoms with Crippen molar-refractivity contribution in [1.29, 1.82) is 5.26 Å². The molecule has 0 saturated carbocycles. The molecule has 0 amide bonds. The van der Waals surface area contributed by atoms with Gasteiger partial charge in [-0.3, -0.25) is 0 Å². The third-order valence-corrected chi connectivity index (χ3v) is 6.44. The van der Waals surface area contributed by atoms with Crippen molar-refractivity contribution in [2.45, 2.75) is 16.2 Å². The van der Waals surface area contributed by atoms with Crippen molar-refractivity contribution in [1.82, 2.24) is 0 Å². The van der Waals surface area contributed by atoms with E-state index in [1.165, 1.54) is 17.4 Å². The molecule has 4 nitrogen and oxygen atoms in total. The van der Waals surface area contributed by atoms with Gasteiger partial charge in [0.2, 0.25) is 0 Å². The minimum absolute atomic E-state index is 0.208. The Kier molecular flexibility index (Phi) is 3.21. The van der Waals surface area contributed by atoms with Crippen LogP contribution in [0.1, 0.15) is 11.6 Å². The molecule has 0 bridgehead atoms. The van der Waals surface area contributed by atoms with Crippen molar-refractivity contribution in [2.75, 3.05) is 5.32 Å². The maximum Gasteiger partial charge on any atom is 0.199 e. The van der Waals surface area contributed by atoms with Gasteiger partial charge >= 0.3 is 0 Å². The van der Waals surface area contributed by atoms with Crippen LogP contribution >= 0.6 is 22.9 Å². The number of thiophene rings is 1. The summed E-state index contributed by atoms with van der Waals surface area (Å²) in [4.78, 5) is 0.208. The number of anilines is 1. The summed E-state index contributed by atoms with van der Waals surface area (Å²) in [6.45, 7) is 0. The summed E-state index contributed by atoms with van der Waals surface area (Å²) >= 11 is 7.15. The van der Waals surface area contributed by atoms with E-state index in [1.54, 1.807) is 29.6 Å². The number of nitrogens with zero attached hydrogens (tertiary/aromatic N) is 1. The molecule has 2 aromatic rings. The van der Waals surface area contributed by atoms with Crippen molar-refractivity contribution < 1.29 is 8.42 Å². The van der Waals surface area contributed by atoms with Gasteiger partial charge in [0.25, 0.3) is 0 Å². The normalized spacial score (nSPS) is 23.4. The fraction of sp³-hybridized carbons (Fsp3) is 0.154. The molecule has 3 rings (SSSR count). The second-order valence-corrected chi connectivity index (χ2v) is 7.77. The lowest BCUT2D eigenvalue weighted by molar-refractivity contribution is 0.577. The second-order valence-electron chi connectivity index (χ2n) is 4.38. The Morgan fingerprint density at radius 2 is 1.95 bits per heavy atom. The third-order valence-electron chi connectivity index (χ3n) is 3.22. The number of rotatable bonds is 1. The van der Waals surface area contributed by atoms with E-state index in [0.29, 0.717) is 10.0 Å². The summed E-state index contributed by atoms with van der Waals surface area (Å²) in [7, 11) is -3.64. The van der Waals surface area contributed by atoms with Gasteiger partial charge in [0.15, 0.2) is 15.1 Å². The van der Waals surface area contributed by atoms with Crippen molar-refractivity contribution in [2.24, 2.45) is 0 Å². The average molecular weight is 325 g/mol. The number of benzene rings is 1. The van der Waals surface area contributed by atoms with Crippen molar-refractivity contribution in [3.05, 3.63) is 46.3 Å². The van der Waals surface area contributed by atoms with E-state index in [1.807, 2.05) is 6.07 Å². The van der Waals surface area contributed by atoms with Gasteiger partial charge in [0.05, 0.1) is 12.1 Å². The lowest BCUT2D eigenvalue weighted by Gasteiger charge is -2.29. The number of sulfone groups is 1. The molecule has 102 valence electrons. The number of fused-ring (bicyclic) bond motifs is 1. The maximum absolute atomic E-state index is 12.5. The monoisotopic (exact) mass is 324 g/mol. The van der Waals surface area contributed by atoms with E-state index < -0.39 is 21.1 Å². The van der Waals surface area contributed by atoms with Crippen molar-refractivity contribution in [3.8, 4) is 6.07 Å². The molecule has 7 heteroatoms. The van der Waals surface area contributed by atoms with Crippen LogP contribution in [-0.4, -0.2) is 13.7 Å². The van der Waals surface area contributed by atoms with Crippen LogP contribution in [0, 0.1) is 11.3 Å². The highest BCUT2D eigenvalue weighted by Gasteiger charge is 2.42. The fourth-order valence-electron chi connectivity index (χ4n) is 2.23. The van der Waals surface area contributed by atoms with Gasteiger partial charge in [-0.2, -0.15) is 5.26 Å². The largest absolute Gasteiger partial charge is 0.367 e. The number of hydrogen-bond donors (Lipinski definition) is 1. The van der Waals surface area contributed by atoms with E-state index in [-0.39, 0.29) is 4.90 Å². The molecule has 0 saturated heterocycles. The Labute approximate surface area is 125 Å². The average Bonchev–Trinajstić information content (AvgIpc) is 2.88. The predicted octanol–water partition coefficient (Wildman–Crippen LogP) is 3.23. The molecule has 0 radical (unpaired) electrons. The SMILES string of the molecule is N#CC1C(c2ccc(Cl)cc2)Nc2sccc2S1(=O)=O. The third kappa shape index (κ3) is 1.99. The molecule has 1 N–H and O–H groups in total. The zero-order valence-electron chi connectivity index (χ0n) is 10.1. The van der Waals surface area contributed by atoms with Crippen LogP contribution in [-0.2, 0) is 9.84 Å². The first-order valence-electron chi connectivity index (χ1n) is 5.77. The summed E-state index contributed by atoms with van der Waals surface area (Å²) in [5.41, 5.74) is 0.726. The van der Waals surface area contributed by atoms with Gasteiger partial charge in [-0.15, -0.1) is 11.3 Å². The highest BCUT2D eigenvalue weighted by Crippen LogP contribution is 2.41. The topological polar surface area (TPSA) is 70.0 Å². The molecular formula is C13H9ClN2O2S2. The lowest BCUT2D eigenvalue weighted by atomic mass is 10.0. The van der Waals surface area contributed by atoms with Gasteiger partial charge in [0, 0.05) is 5.02 Å². The minimum atomic E-state index is -3.64. The highest BCUT2D eigenvalue weighted by atomic mass is 35.5. The van der Waals surface area contributed by atoms with Gasteiger partial charge in [0.1, 0.15) is 9.90 Å². The number of hydrogen-bond acceptors (Lipinski definition) is 5. The molecule has 1 aromatic carbocycles. The molecular weight excluding hydrogens is 316 g/mol. The summed E-state index contributed by atoms with van der Waals surface area (Å²) < 4.78 is 24.9. The van der Waals surface area contributed by atoms with E-state index in [4.69, 9.17) is 11.6 Å². The van der Waals surface area contributed by atoms with Gasteiger partial charge in [-0.1, -0.05) is 23.7 Å². The van der Waals surface area contributed by atoms with Crippen LogP contribution in [0.25, 0.3) is 0 Å². The smallest absolute Gasteiger partial charge is 0.199 e. The minimum Gasteiger partial charge on any atom is -0.367 e. The van der Waals surface area contributed by atoms with E-state index >= 15 is 0 Å². The van der Waals surface area contributed by atoms with Gasteiger partial charge in [-0.25, -0.2) is 8.42 Å². The second kappa shape index (κ2) is 4.77. The molecule has 0 aliphatic carbocycles. The summed E-state index contributed by atoms with van der Waals surface area (Å²) in [6.07, 6.45) is 0. The lowest BCUT2D eigenvalue weighted by Crippen LogP contribution is -2.36.